The molecule has 1 N–H and O–H groups in total. The molecular formula is C20H19N3O. The van der Waals surface area contributed by atoms with Crippen LogP contribution in [0.3, 0.4) is 0 Å². The SMILES string of the molecule is CCc1ccc(C=NNC(=O)c2ccc(-n3cccc3)cc2)cc1. The van der Waals surface area contributed by atoms with Crippen molar-refractivity contribution in [2.24, 2.45) is 5.10 Å². The Labute approximate surface area is 141 Å². The van der Waals surface area contributed by atoms with E-state index in [9.17, 15) is 4.79 Å². The molecule has 2 aromatic carbocycles. The average Bonchev–Trinajstić information content (AvgIpc) is 3.17. The molecule has 1 amide bonds. The van der Waals surface area contributed by atoms with E-state index < -0.39 is 0 Å². The number of hydrogen-bond acceptors (Lipinski definition) is 2. The second-order valence-electron chi connectivity index (χ2n) is 5.43. The summed E-state index contributed by atoms with van der Waals surface area (Å²) in [5.41, 5.74) is 6.37. The molecule has 0 saturated carbocycles. The maximum atomic E-state index is 12.1. The monoisotopic (exact) mass is 317 g/mol. The van der Waals surface area contributed by atoms with E-state index in [-0.39, 0.29) is 5.91 Å². The quantitative estimate of drug-likeness (QED) is 0.564. The maximum absolute atomic E-state index is 12.1. The lowest BCUT2D eigenvalue weighted by Gasteiger charge is -2.04. The van der Waals surface area contributed by atoms with Crippen molar-refractivity contribution in [3.8, 4) is 5.69 Å². The third-order valence-electron chi connectivity index (χ3n) is 3.80. The molecule has 3 aromatic rings. The van der Waals surface area contributed by atoms with Crippen LogP contribution in [0.1, 0.15) is 28.4 Å². The number of rotatable bonds is 5. The largest absolute Gasteiger partial charge is 0.324 e. The van der Waals surface area contributed by atoms with Crippen LogP contribution in [0.25, 0.3) is 5.69 Å². The number of hydrogen-bond donors (Lipinski definition) is 1. The molecule has 0 unspecified atom stereocenters. The lowest BCUT2D eigenvalue weighted by Crippen LogP contribution is -2.17. The molecular weight excluding hydrogens is 298 g/mol. The number of benzene rings is 2. The Hall–Kier alpha value is -3.14. The average molecular weight is 317 g/mol. The van der Waals surface area contributed by atoms with E-state index in [4.69, 9.17) is 0 Å². The van der Waals surface area contributed by atoms with Gasteiger partial charge in [-0.25, -0.2) is 5.43 Å². The Kier molecular flexibility index (Phi) is 4.87. The summed E-state index contributed by atoms with van der Waals surface area (Å²) >= 11 is 0. The van der Waals surface area contributed by atoms with Gasteiger partial charge in [-0.3, -0.25) is 4.79 Å². The van der Waals surface area contributed by atoms with Crippen LogP contribution in [0.4, 0.5) is 0 Å². The second-order valence-corrected chi connectivity index (χ2v) is 5.43. The van der Waals surface area contributed by atoms with Crippen LogP contribution >= 0.6 is 0 Å². The number of aryl methyl sites for hydroxylation is 1. The smallest absolute Gasteiger partial charge is 0.271 e. The fourth-order valence-corrected chi connectivity index (χ4v) is 2.36. The van der Waals surface area contributed by atoms with E-state index in [1.165, 1.54) is 5.56 Å². The first-order valence-electron chi connectivity index (χ1n) is 7.92. The summed E-state index contributed by atoms with van der Waals surface area (Å²) in [7, 11) is 0. The molecule has 0 spiro atoms. The van der Waals surface area contributed by atoms with E-state index >= 15 is 0 Å². The fourth-order valence-electron chi connectivity index (χ4n) is 2.36. The number of nitrogens with zero attached hydrogens (tertiary/aromatic N) is 2. The Bertz CT molecular complexity index is 816. The third kappa shape index (κ3) is 3.79. The molecule has 4 heteroatoms. The Balaban J connectivity index is 1.61. The lowest BCUT2D eigenvalue weighted by atomic mass is 10.1. The minimum atomic E-state index is -0.226. The zero-order valence-corrected chi connectivity index (χ0v) is 13.5. The summed E-state index contributed by atoms with van der Waals surface area (Å²) in [5, 5.41) is 4.02. The topological polar surface area (TPSA) is 46.4 Å². The molecule has 0 aliphatic carbocycles. The van der Waals surface area contributed by atoms with Crippen molar-refractivity contribution in [3.05, 3.63) is 89.7 Å². The molecule has 1 aromatic heterocycles. The van der Waals surface area contributed by atoms with Crippen LogP contribution in [0.15, 0.2) is 78.2 Å². The molecule has 120 valence electrons. The van der Waals surface area contributed by atoms with Crippen LogP contribution in [-0.4, -0.2) is 16.7 Å². The molecule has 0 aliphatic heterocycles. The maximum Gasteiger partial charge on any atom is 0.271 e. The van der Waals surface area contributed by atoms with Gasteiger partial charge in [0, 0.05) is 23.6 Å². The molecule has 0 fully saturated rings. The summed E-state index contributed by atoms with van der Waals surface area (Å²) in [4.78, 5) is 12.1. The molecule has 0 bridgehead atoms. The fraction of sp³-hybridized carbons (Fsp3) is 0.100. The van der Waals surface area contributed by atoms with Crippen molar-refractivity contribution in [1.82, 2.24) is 9.99 Å². The molecule has 0 radical (unpaired) electrons. The van der Waals surface area contributed by atoms with Gasteiger partial charge in [-0.1, -0.05) is 31.2 Å². The molecule has 4 nitrogen and oxygen atoms in total. The second kappa shape index (κ2) is 7.42. The highest BCUT2D eigenvalue weighted by Crippen LogP contribution is 2.10. The molecule has 0 saturated heterocycles. The van der Waals surface area contributed by atoms with Gasteiger partial charge in [0.2, 0.25) is 0 Å². The van der Waals surface area contributed by atoms with E-state index in [1.807, 2.05) is 53.4 Å². The molecule has 0 atom stereocenters. The van der Waals surface area contributed by atoms with Crippen molar-refractivity contribution in [2.75, 3.05) is 0 Å². The van der Waals surface area contributed by atoms with Crippen LogP contribution in [0.5, 0.6) is 0 Å². The summed E-state index contributed by atoms with van der Waals surface area (Å²) in [6.07, 6.45) is 6.57. The minimum Gasteiger partial charge on any atom is -0.324 e. The highest BCUT2D eigenvalue weighted by Gasteiger charge is 2.04. The standard InChI is InChI=1S/C20H19N3O/c1-2-16-5-7-17(8-6-16)15-21-22-20(24)18-9-11-19(12-10-18)23-13-3-4-14-23/h3-15H,2H2,1H3,(H,22,24). The van der Waals surface area contributed by atoms with Crippen molar-refractivity contribution in [1.29, 1.82) is 0 Å². The normalized spacial score (nSPS) is 10.9. The van der Waals surface area contributed by atoms with Crippen LogP contribution in [-0.2, 0) is 6.42 Å². The van der Waals surface area contributed by atoms with Gasteiger partial charge in [0.25, 0.3) is 5.91 Å². The van der Waals surface area contributed by atoms with Gasteiger partial charge < -0.3 is 4.57 Å². The van der Waals surface area contributed by atoms with Gasteiger partial charge in [0.05, 0.1) is 6.21 Å². The van der Waals surface area contributed by atoms with Crippen LogP contribution in [0.2, 0.25) is 0 Å². The van der Waals surface area contributed by atoms with Crippen LogP contribution in [0, 0.1) is 0 Å². The molecule has 3 rings (SSSR count). The Morgan fingerprint density at radius 1 is 1.04 bits per heavy atom. The van der Waals surface area contributed by atoms with Gasteiger partial charge in [-0.2, -0.15) is 5.10 Å². The molecule has 0 aliphatic rings. The van der Waals surface area contributed by atoms with Gasteiger partial charge in [-0.15, -0.1) is 0 Å². The Morgan fingerprint density at radius 2 is 1.71 bits per heavy atom. The zero-order chi connectivity index (χ0) is 16.8. The van der Waals surface area contributed by atoms with Gasteiger partial charge in [0.15, 0.2) is 0 Å². The van der Waals surface area contributed by atoms with E-state index in [2.05, 4.69) is 29.6 Å². The van der Waals surface area contributed by atoms with E-state index in [1.54, 1.807) is 18.3 Å². The van der Waals surface area contributed by atoms with Gasteiger partial charge in [0.1, 0.15) is 0 Å². The zero-order valence-electron chi connectivity index (χ0n) is 13.5. The Morgan fingerprint density at radius 3 is 2.33 bits per heavy atom. The van der Waals surface area contributed by atoms with E-state index in [0.717, 1.165) is 17.7 Å². The number of nitrogens with one attached hydrogen (secondary N) is 1. The highest BCUT2D eigenvalue weighted by atomic mass is 16.2. The minimum absolute atomic E-state index is 0.226. The number of amides is 1. The number of aromatic nitrogens is 1. The van der Waals surface area contributed by atoms with Gasteiger partial charge >= 0.3 is 0 Å². The van der Waals surface area contributed by atoms with Crippen LogP contribution < -0.4 is 5.43 Å². The van der Waals surface area contributed by atoms with Crippen molar-refractivity contribution >= 4 is 12.1 Å². The highest BCUT2D eigenvalue weighted by molar-refractivity contribution is 5.95. The molecule has 24 heavy (non-hydrogen) atoms. The van der Waals surface area contributed by atoms with Crippen molar-refractivity contribution in [2.45, 2.75) is 13.3 Å². The summed E-state index contributed by atoms with van der Waals surface area (Å²) in [5.74, 6) is -0.226. The van der Waals surface area contributed by atoms with Crippen molar-refractivity contribution < 1.29 is 4.79 Å². The predicted molar refractivity (Wildman–Crippen MR) is 96.6 cm³/mol. The number of hydrazone groups is 1. The first-order chi connectivity index (χ1) is 11.8. The van der Waals surface area contributed by atoms with Gasteiger partial charge in [-0.05, 0) is 53.9 Å². The molecule has 1 heterocycles. The summed E-state index contributed by atoms with van der Waals surface area (Å²) in [6, 6.07) is 19.4. The lowest BCUT2D eigenvalue weighted by molar-refractivity contribution is 0.0955. The van der Waals surface area contributed by atoms with Crippen molar-refractivity contribution in [3.63, 3.8) is 0 Å². The number of carbonyl (C=O) groups excluding carboxylic acids is 1. The predicted octanol–water partition coefficient (Wildman–Crippen LogP) is 3.80. The first-order valence-corrected chi connectivity index (χ1v) is 7.92. The summed E-state index contributed by atoms with van der Waals surface area (Å²) in [6.45, 7) is 2.12. The summed E-state index contributed by atoms with van der Waals surface area (Å²) < 4.78 is 1.99. The third-order valence-corrected chi connectivity index (χ3v) is 3.80. The number of carbonyl (C=O) groups is 1. The van der Waals surface area contributed by atoms with E-state index in [0.29, 0.717) is 5.56 Å². The first kappa shape index (κ1) is 15.7.